The molecule has 2 aliphatic rings. The molecule has 0 aliphatic carbocycles. The Kier molecular flexibility index (Phi) is 5.07. The van der Waals surface area contributed by atoms with E-state index >= 15 is 0 Å². The lowest BCUT2D eigenvalue weighted by Crippen LogP contribution is -2.46. The summed E-state index contributed by atoms with van der Waals surface area (Å²) in [7, 11) is 0. The van der Waals surface area contributed by atoms with Gasteiger partial charge >= 0.3 is 0 Å². The first-order valence-corrected chi connectivity index (χ1v) is 6.96. The molecular formula is C13H26N2O. The molecule has 1 N–H and O–H groups in total. The second-order valence-corrected chi connectivity index (χ2v) is 5.05. The van der Waals surface area contributed by atoms with E-state index in [1.807, 2.05) is 0 Å². The second kappa shape index (κ2) is 6.58. The zero-order valence-corrected chi connectivity index (χ0v) is 10.6. The van der Waals surface area contributed by atoms with Gasteiger partial charge in [0.25, 0.3) is 0 Å². The highest BCUT2D eigenvalue weighted by Gasteiger charge is 2.21. The van der Waals surface area contributed by atoms with E-state index in [9.17, 15) is 0 Å². The van der Waals surface area contributed by atoms with Gasteiger partial charge in [-0.3, -0.25) is 4.90 Å². The molecule has 2 saturated heterocycles. The Bertz CT molecular complexity index is 186. The standard InChI is InChI=1S/C13H26N2O/c1-2-15(12-5-3-8-14-11-12)9-7-13-6-4-10-16-13/h12-14H,2-11H2,1H3. The maximum atomic E-state index is 5.69. The van der Waals surface area contributed by atoms with E-state index in [1.165, 1.54) is 58.3 Å². The molecule has 0 aromatic rings. The minimum atomic E-state index is 0.547. The zero-order valence-electron chi connectivity index (χ0n) is 10.6. The average molecular weight is 226 g/mol. The van der Waals surface area contributed by atoms with Gasteiger partial charge in [-0.05, 0) is 45.2 Å². The molecule has 2 atom stereocenters. The number of nitrogens with zero attached hydrogens (tertiary/aromatic N) is 1. The van der Waals surface area contributed by atoms with Crippen LogP contribution in [0.2, 0.25) is 0 Å². The van der Waals surface area contributed by atoms with E-state index in [-0.39, 0.29) is 0 Å². The van der Waals surface area contributed by atoms with Crippen molar-refractivity contribution in [3.8, 4) is 0 Å². The van der Waals surface area contributed by atoms with Crippen molar-refractivity contribution in [3.63, 3.8) is 0 Å². The van der Waals surface area contributed by atoms with Crippen LogP contribution >= 0.6 is 0 Å². The normalized spacial score (nSPS) is 31.1. The van der Waals surface area contributed by atoms with E-state index in [4.69, 9.17) is 4.74 Å². The Balaban J connectivity index is 1.70. The summed E-state index contributed by atoms with van der Waals surface area (Å²) in [5, 5.41) is 3.50. The van der Waals surface area contributed by atoms with Crippen LogP contribution in [0.15, 0.2) is 0 Å². The van der Waals surface area contributed by atoms with Gasteiger partial charge in [0.2, 0.25) is 0 Å². The van der Waals surface area contributed by atoms with Crippen LogP contribution in [0.5, 0.6) is 0 Å². The minimum absolute atomic E-state index is 0.547. The van der Waals surface area contributed by atoms with Gasteiger partial charge in [-0.2, -0.15) is 0 Å². The van der Waals surface area contributed by atoms with E-state index in [2.05, 4.69) is 17.1 Å². The first kappa shape index (κ1) is 12.3. The topological polar surface area (TPSA) is 24.5 Å². The molecule has 2 rings (SSSR count). The third-order valence-electron chi connectivity index (χ3n) is 3.96. The Labute approximate surface area is 99.5 Å². The summed E-state index contributed by atoms with van der Waals surface area (Å²) < 4.78 is 5.69. The summed E-state index contributed by atoms with van der Waals surface area (Å²) >= 11 is 0. The molecule has 2 heterocycles. The lowest BCUT2D eigenvalue weighted by molar-refractivity contribution is 0.0818. The van der Waals surface area contributed by atoms with Crippen LogP contribution in [0.25, 0.3) is 0 Å². The van der Waals surface area contributed by atoms with E-state index in [0.717, 1.165) is 12.6 Å². The van der Waals surface area contributed by atoms with Crippen molar-refractivity contribution in [2.24, 2.45) is 0 Å². The molecule has 0 bridgehead atoms. The van der Waals surface area contributed by atoms with Gasteiger partial charge in [-0.1, -0.05) is 6.92 Å². The average Bonchev–Trinajstić information content (AvgIpc) is 2.84. The molecule has 3 heteroatoms. The Morgan fingerprint density at radius 2 is 2.25 bits per heavy atom. The number of rotatable bonds is 5. The van der Waals surface area contributed by atoms with Crippen LogP contribution in [0.1, 0.15) is 39.0 Å². The molecule has 0 radical (unpaired) electrons. The van der Waals surface area contributed by atoms with Crippen LogP contribution in [0.3, 0.4) is 0 Å². The molecular weight excluding hydrogens is 200 g/mol. The van der Waals surface area contributed by atoms with Crippen molar-refractivity contribution in [2.75, 3.05) is 32.8 Å². The van der Waals surface area contributed by atoms with Crippen LogP contribution in [-0.4, -0.2) is 49.8 Å². The fourth-order valence-corrected chi connectivity index (χ4v) is 2.93. The number of hydrogen-bond donors (Lipinski definition) is 1. The monoisotopic (exact) mass is 226 g/mol. The molecule has 3 nitrogen and oxygen atoms in total. The quantitative estimate of drug-likeness (QED) is 0.771. The largest absolute Gasteiger partial charge is 0.378 e. The summed E-state index contributed by atoms with van der Waals surface area (Å²) in [5.41, 5.74) is 0. The van der Waals surface area contributed by atoms with Crippen molar-refractivity contribution in [2.45, 2.75) is 51.2 Å². The van der Waals surface area contributed by atoms with Gasteiger partial charge in [0.15, 0.2) is 0 Å². The fraction of sp³-hybridized carbons (Fsp3) is 1.00. The lowest BCUT2D eigenvalue weighted by atomic mass is 10.0. The molecule has 0 amide bonds. The first-order chi connectivity index (χ1) is 7.90. The molecule has 94 valence electrons. The predicted octanol–water partition coefficient (Wildman–Crippen LogP) is 1.63. The lowest BCUT2D eigenvalue weighted by Gasteiger charge is -2.34. The minimum Gasteiger partial charge on any atom is -0.378 e. The summed E-state index contributed by atoms with van der Waals surface area (Å²) in [5.74, 6) is 0. The Morgan fingerprint density at radius 1 is 1.31 bits per heavy atom. The van der Waals surface area contributed by atoms with Gasteiger partial charge < -0.3 is 10.1 Å². The summed E-state index contributed by atoms with van der Waals surface area (Å²) in [6, 6.07) is 0.764. The molecule has 2 fully saturated rings. The first-order valence-electron chi connectivity index (χ1n) is 6.96. The van der Waals surface area contributed by atoms with Gasteiger partial charge in [0.1, 0.15) is 0 Å². The highest BCUT2D eigenvalue weighted by atomic mass is 16.5. The van der Waals surface area contributed by atoms with E-state index in [0.29, 0.717) is 6.10 Å². The maximum Gasteiger partial charge on any atom is 0.0588 e. The second-order valence-electron chi connectivity index (χ2n) is 5.05. The maximum absolute atomic E-state index is 5.69. The number of piperidine rings is 1. The Hall–Kier alpha value is -0.120. The SMILES string of the molecule is CCN(CCC1CCCO1)C1CCCNC1. The predicted molar refractivity (Wildman–Crippen MR) is 66.7 cm³/mol. The molecule has 2 aliphatic heterocycles. The van der Waals surface area contributed by atoms with Crippen molar-refractivity contribution >= 4 is 0 Å². The number of nitrogens with one attached hydrogen (secondary N) is 1. The molecule has 0 aromatic carbocycles. The summed E-state index contributed by atoms with van der Waals surface area (Å²) in [4.78, 5) is 2.63. The van der Waals surface area contributed by atoms with Gasteiger partial charge in [-0.15, -0.1) is 0 Å². The molecule has 0 spiro atoms. The fourth-order valence-electron chi connectivity index (χ4n) is 2.93. The molecule has 0 saturated carbocycles. The van der Waals surface area contributed by atoms with Gasteiger partial charge in [-0.25, -0.2) is 0 Å². The number of ether oxygens (including phenoxy) is 1. The smallest absolute Gasteiger partial charge is 0.0588 e. The van der Waals surface area contributed by atoms with Gasteiger partial charge in [0.05, 0.1) is 6.10 Å². The molecule has 0 aromatic heterocycles. The zero-order chi connectivity index (χ0) is 11.2. The highest BCUT2D eigenvalue weighted by Crippen LogP contribution is 2.17. The van der Waals surface area contributed by atoms with E-state index < -0.39 is 0 Å². The van der Waals surface area contributed by atoms with Crippen LogP contribution in [-0.2, 0) is 4.74 Å². The third-order valence-corrected chi connectivity index (χ3v) is 3.96. The van der Waals surface area contributed by atoms with Crippen molar-refractivity contribution < 1.29 is 4.74 Å². The Morgan fingerprint density at radius 3 is 2.88 bits per heavy atom. The van der Waals surface area contributed by atoms with Crippen LogP contribution < -0.4 is 5.32 Å². The van der Waals surface area contributed by atoms with Gasteiger partial charge in [0, 0.05) is 25.7 Å². The van der Waals surface area contributed by atoms with Crippen LogP contribution in [0.4, 0.5) is 0 Å². The van der Waals surface area contributed by atoms with Crippen molar-refractivity contribution in [1.82, 2.24) is 10.2 Å². The number of hydrogen-bond acceptors (Lipinski definition) is 3. The van der Waals surface area contributed by atoms with Crippen molar-refractivity contribution in [1.29, 1.82) is 0 Å². The number of likely N-dealkylation sites (N-methyl/N-ethyl adjacent to an activating group) is 1. The summed E-state index contributed by atoms with van der Waals surface area (Å²) in [6.07, 6.45) is 7.02. The third kappa shape index (κ3) is 3.44. The highest BCUT2D eigenvalue weighted by molar-refractivity contribution is 4.79. The molecule has 16 heavy (non-hydrogen) atoms. The molecule has 2 unspecified atom stereocenters. The van der Waals surface area contributed by atoms with Crippen molar-refractivity contribution in [3.05, 3.63) is 0 Å². The van der Waals surface area contributed by atoms with E-state index in [1.54, 1.807) is 0 Å². The van der Waals surface area contributed by atoms with Crippen LogP contribution in [0, 0.1) is 0 Å². The summed E-state index contributed by atoms with van der Waals surface area (Å²) in [6.45, 7) is 8.05.